The first-order valence-corrected chi connectivity index (χ1v) is 14.4. The van der Waals surface area contributed by atoms with E-state index < -0.39 is 18.0 Å². The fraction of sp³-hybridized carbons (Fsp3) is 0.667. The maximum absolute atomic E-state index is 12.6. The molecule has 1 aromatic rings. The summed E-state index contributed by atoms with van der Waals surface area (Å²) >= 11 is 3.52. The number of benzene rings is 1. The molecule has 1 aromatic carbocycles. The molecule has 1 rings (SSSR count). The van der Waals surface area contributed by atoms with Gasteiger partial charge in [-0.25, -0.2) is 4.79 Å². The molecule has 0 aliphatic heterocycles. The van der Waals surface area contributed by atoms with E-state index in [1.54, 1.807) is 0 Å². The predicted octanol–water partition coefficient (Wildman–Crippen LogP) is 1.89. The highest BCUT2D eigenvalue weighted by molar-refractivity contribution is 9.10. The number of rotatable bonds is 23. The maximum atomic E-state index is 12.6. The average molecular weight is 650 g/mol. The van der Waals surface area contributed by atoms with Crippen LogP contribution in [0.4, 0.5) is 10.5 Å². The van der Waals surface area contributed by atoms with Gasteiger partial charge < -0.3 is 50.5 Å². The molecule has 0 spiro atoms. The van der Waals surface area contributed by atoms with Gasteiger partial charge in [0.15, 0.2) is 0 Å². The van der Waals surface area contributed by atoms with Gasteiger partial charge >= 0.3 is 6.09 Å². The zero-order valence-corrected chi connectivity index (χ0v) is 25.8. The molecule has 0 radical (unpaired) electrons. The summed E-state index contributed by atoms with van der Waals surface area (Å²) < 4.78 is 27.7. The SMILES string of the molecule is Cc1cc(C)c(NC(=O)CCC(NC(=O)O)C(=O)NCCOCCOCCOCCOCCOCCN)c(C)c1Br. The van der Waals surface area contributed by atoms with Crippen molar-refractivity contribution in [3.63, 3.8) is 0 Å². The maximum Gasteiger partial charge on any atom is 0.405 e. The van der Waals surface area contributed by atoms with Crippen LogP contribution in [0.15, 0.2) is 10.5 Å². The standard InChI is InChI=1S/C27H45BrN4O9/c1-19-18-20(2)25(21(3)24(19)28)32-23(33)5-4-22(31-27(35)36)26(34)30-7-9-38-11-13-40-15-17-41-16-14-39-12-10-37-8-6-29/h18,22,31H,4-17,29H2,1-3H3,(H,30,34)(H,32,33)(H,35,36). The minimum absolute atomic E-state index is 0.00119. The van der Waals surface area contributed by atoms with E-state index in [1.165, 1.54) is 0 Å². The van der Waals surface area contributed by atoms with Crippen LogP contribution in [0, 0.1) is 20.8 Å². The molecule has 0 aliphatic rings. The van der Waals surface area contributed by atoms with Crippen molar-refractivity contribution < 1.29 is 43.2 Å². The molecule has 0 saturated carbocycles. The number of anilines is 1. The largest absolute Gasteiger partial charge is 0.465 e. The highest BCUT2D eigenvalue weighted by Gasteiger charge is 2.22. The van der Waals surface area contributed by atoms with Gasteiger partial charge in [-0.2, -0.15) is 0 Å². The molecule has 6 N–H and O–H groups in total. The normalized spacial score (nSPS) is 11.7. The molecule has 0 saturated heterocycles. The fourth-order valence-electron chi connectivity index (χ4n) is 3.68. The number of ether oxygens (including phenoxy) is 5. The van der Waals surface area contributed by atoms with Crippen LogP contribution >= 0.6 is 15.9 Å². The summed E-state index contributed by atoms with van der Waals surface area (Å²) in [5.74, 6) is -0.849. The highest BCUT2D eigenvalue weighted by atomic mass is 79.9. The van der Waals surface area contributed by atoms with E-state index in [4.69, 9.17) is 34.5 Å². The minimum atomic E-state index is -1.35. The monoisotopic (exact) mass is 648 g/mol. The molecule has 41 heavy (non-hydrogen) atoms. The summed E-state index contributed by atoms with van der Waals surface area (Å²) in [4.78, 5) is 36.3. The third-order valence-corrected chi connectivity index (χ3v) is 6.93. The number of halogens is 1. The first-order chi connectivity index (χ1) is 19.7. The van der Waals surface area contributed by atoms with E-state index in [1.807, 2.05) is 26.8 Å². The molecular weight excluding hydrogens is 604 g/mol. The Kier molecular flexibility index (Phi) is 20.0. The first kappa shape index (κ1) is 36.7. The van der Waals surface area contributed by atoms with Gasteiger partial charge in [0, 0.05) is 29.7 Å². The molecule has 0 aromatic heterocycles. The third-order valence-electron chi connectivity index (χ3n) is 5.71. The Morgan fingerprint density at radius 3 is 1.88 bits per heavy atom. The van der Waals surface area contributed by atoms with Crippen molar-refractivity contribution in [3.8, 4) is 0 Å². The predicted molar refractivity (Wildman–Crippen MR) is 157 cm³/mol. The van der Waals surface area contributed by atoms with Crippen LogP contribution in [-0.2, 0) is 33.3 Å². The van der Waals surface area contributed by atoms with Crippen LogP contribution in [0.25, 0.3) is 0 Å². The molecule has 14 heteroatoms. The van der Waals surface area contributed by atoms with E-state index in [9.17, 15) is 14.4 Å². The second-order valence-corrected chi connectivity index (χ2v) is 9.85. The number of carbonyl (C=O) groups excluding carboxylic acids is 2. The van der Waals surface area contributed by atoms with Gasteiger partial charge in [-0.1, -0.05) is 22.0 Å². The summed E-state index contributed by atoms with van der Waals surface area (Å²) in [6.45, 7) is 10.7. The lowest BCUT2D eigenvalue weighted by Crippen LogP contribution is -2.47. The summed E-state index contributed by atoms with van der Waals surface area (Å²) in [6.07, 6.45) is -1.39. The molecule has 1 unspecified atom stereocenters. The lowest BCUT2D eigenvalue weighted by molar-refractivity contribution is -0.123. The Morgan fingerprint density at radius 1 is 0.854 bits per heavy atom. The second-order valence-electron chi connectivity index (χ2n) is 9.05. The quantitative estimate of drug-likeness (QED) is 0.110. The number of hydrogen-bond donors (Lipinski definition) is 5. The lowest BCUT2D eigenvalue weighted by Gasteiger charge is -2.18. The molecule has 0 aliphatic carbocycles. The topological polar surface area (TPSA) is 180 Å². The first-order valence-electron chi connectivity index (χ1n) is 13.6. The molecule has 0 heterocycles. The molecule has 1 atom stereocenters. The number of carbonyl (C=O) groups is 3. The average Bonchev–Trinajstić information content (AvgIpc) is 2.93. The highest BCUT2D eigenvalue weighted by Crippen LogP contribution is 2.30. The zero-order valence-electron chi connectivity index (χ0n) is 24.2. The third kappa shape index (κ3) is 16.6. The van der Waals surface area contributed by atoms with Crippen LogP contribution in [0.2, 0.25) is 0 Å². The van der Waals surface area contributed by atoms with Crippen molar-refractivity contribution in [2.45, 2.75) is 39.7 Å². The van der Waals surface area contributed by atoms with Crippen LogP contribution < -0.4 is 21.7 Å². The number of amides is 3. The molecular formula is C27H45BrN4O9. The van der Waals surface area contributed by atoms with E-state index in [0.717, 1.165) is 21.2 Å². The number of nitrogens with two attached hydrogens (primary N) is 1. The van der Waals surface area contributed by atoms with E-state index in [0.29, 0.717) is 71.7 Å². The Bertz CT molecular complexity index is 937. The molecule has 3 amide bonds. The van der Waals surface area contributed by atoms with Crippen LogP contribution in [0.1, 0.15) is 29.5 Å². The Balaban J connectivity index is 2.18. The Morgan fingerprint density at radius 2 is 1.37 bits per heavy atom. The van der Waals surface area contributed by atoms with Crippen molar-refractivity contribution in [1.29, 1.82) is 0 Å². The Hall–Kier alpha value is -2.33. The molecule has 13 nitrogen and oxygen atoms in total. The number of aryl methyl sites for hydroxylation is 2. The van der Waals surface area contributed by atoms with Gasteiger partial charge in [-0.3, -0.25) is 9.59 Å². The van der Waals surface area contributed by atoms with Gasteiger partial charge in [0.25, 0.3) is 0 Å². The molecule has 0 fully saturated rings. The molecule has 0 bridgehead atoms. The lowest BCUT2D eigenvalue weighted by atomic mass is 10.0. The van der Waals surface area contributed by atoms with Crippen molar-refractivity contribution in [2.24, 2.45) is 5.73 Å². The number of carboxylic acid groups (broad SMARTS) is 1. The van der Waals surface area contributed by atoms with E-state index in [2.05, 4.69) is 31.9 Å². The van der Waals surface area contributed by atoms with Crippen LogP contribution in [-0.4, -0.2) is 108 Å². The van der Waals surface area contributed by atoms with Crippen molar-refractivity contribution in [3.05, 3.63) is 27.2 Å². The van der Waals surface area contributed by atoms with Crippen LogP contribution in [0.3, 0.4) is 0 Å². The summed E-state index contributed by atoms with van der Waals surface area (Å²) in [7, 11) is 0. The van der Waals surface area contributed by atoms with Crippen LogP contribution in [0.5, 0.6) is 0 Å². The smallest absolute Gasteiger partial charge is 0.405 e. The Labute approximate surface area is 250 Å². The second kappa shape index (κ2) is 22.3. The molecule has 234 valence electrons. The summed E-state index contributed by atoms with van der Waals surface area (Å²) in [6, 6.07) is 0.878. The van der Waals surface area contributed by atoms with Gasteiger partial charge in [0.2, 0.25) is 11.8 Å². The van der Waals surface area contributed by atoms with Gasteiger partial charge in [0.1, 0.15) is 6.04 Å². The van der Waals surface area contributed by atoms with Crippen molar-refractivity contribution >= 4 is 39.5 Å². The van der Waals surface area contributed by atoms with E-state index >= 15 is 0 Å². The van der Waals surface area contributed by atoms with Gasteiger partial charge in [0.05, 0.1) is 66.1 Å². The van der Waals surface area contributed by atoms with E-state index in [-0.39, 0.29) is 31.9 Å². The van der Waals surface area contributed by atoms with Gasteiger partial charge in [-0.15, -0.1) is 0 Å². The number of nitrogens with one attached hydrogen (secondary N) is 3. The number of hydrogen-bond acceptors (Lipinski definition) is 9. The fourth-order valence-corrected chi connectivity index (χ4v) is 4.00. The summed E-state index contributed by atoms with van der Waals surface area (Å²) in [5.41, 5.74) is 8.88. The van der Waals surface area contributed by atoms with Gasteiger partial charge in [-0.05, 0) is 43.9 Å². The van der Waals surface area contributed by atoms with Crippen molar-refractivity contribution in [1.82, 2.24) is 10.6 Å². The minimum Gasteiger partial charge on any atom is -0.465 e. The summed E-state index contributed by atoms with van der Waals surface area (Å²) in [5, 5.41) is 16.8. The zero-order chi connectivity index (χ0) is 30.5. The van der Waals surface area contributed by atoms with Crippen molar-refractivity contribution in [2.75, 3.05) is 84.5 Å².